The average Bonchev–Trinajstić information content (AvgIpc) is 2.35. The zero-order valence-corrected chi connectivity index (χ0v) is 9.98. The number of hydrogen-bond acceptors (Lipinski definition) is 4. The highest BCUT2D eigenvalue weighted by Gasteiger charge is 2.25. The highest BCUT2D eigenvalue weighted by Crippen LogP contribution is 2.26. The summed E-state index contributed by atoms with van der Waals surface area (Å²) in [5, 5.41) is 2.37. The molecule has 1 aromatic carbocycles. The Bertz CT molecular complexity index is 490. The van der Waals surface area contributed by atoms with Crippen LogP contribution in [0.5, 0.6) is 5.75 Å². The predicted octanol–water partition coefficient (Wildman–Crippen LogP) is -0.0772. The molecule has 17 heavy (non-hydrogen) atoms. The summed E-state index contributed by atoms with van der Waals surface area (Å²) in [4.78, 5) is 11.7. The first-order valence-electron chi connectivity index (χ1n) is 5.27. The van der Waals surface area contributed by atoms with Crippen LogP contribution in [-0.4, -0.2) is 26.8 Å². The molecule has 0 saturated carbocycles. The molecule has 0 aromatic heterocycles. The smallest absolute Gasteiger partial charge is 0.227 e. The Balaban J connectivity index is 2.00. The molecular weight excluding hydrogens is 242 g/mol. The van der Waals surface area contributed by atoms with Crippen molar-refractivity contribution in [2.45, 2.75) is 6.42 Å². The molecule has 0 saturated heterocycles. The van der Waals surface area contributed by atoms with E-state index in [4.69, 9.17) is 4.74 Å². The van der Waals surface area contributed by atoms with Gasteiger partial charge in [-0.3, -0.25) is 4.79 Å². The van der Waals surface area contributed by atoms with Crippen molar-refractivity contribution >= 4 is 16.6 Å². The Morgan fingerprint density at radius 1 is 1.41 bits per heavy atom. The zero-order chi connectivity index (χ0) is 12.3. The summed E-state index contributed by atoms with van der Waals surface area (Å²) < 4.78 is 26.2. The molecule has 1 heterocycles. The number of nitrogens with one attached hydrogen (secondary N) is 1. The van der Waals surface area contributed by atoms with E-state index in [1.54, 1.807) is 0 Å². The van der Waals surface area contributed by atoms with Crippen LogP contribution >= 0.6 is 0 Å². The van der Waals surface area contributed by atoms with Gasteiger partial charge in [-0.15, -0.1) is 0 Å². The number of para-hydroxylation sites is 1. The number of rotatable bonds is 3. The van der Waals surface area contributed by atoms with Crippen molar-refractivity contribution in [3.8, 4) is 5.75 Å². The van der Waals surface area contributed by atoms with Crippen molar-refractivity contribution in [2.75, 3.05) is 12.5 Å². The van der Waals surface area contributed by atoms with Crippen molar-refractivity contribution in [1.82, 2.24) is 5.32 Å². The van der Waals surface area contributed by atoms with Gasteiger partial charge < -0.3 is 10.1 Å². The van der Waals surface area contributed by atoms with Crippen molar-refractivity contribution in [3.63, 3.8) is 0 Å². The third-order valence-corrected chi connectivity index (χ3v) is 3.05. The van der Waals surface area contributed by atoms with E-state index in [0.717, 1.165) is 11.3 Å². The van der Waals surface area contributed by atoms with Crippen molar-refractivity contribution < 1.29 is 17.9 Å². The van der Waals surface area contributed by atoms with Gasteiger partial charge in [-0.2, -0.15) is 0 Å². The van der Waals surface area contributed by atoms with E-state index in [2.05, 4.69) is 5.32 Å². The average molecular weight is 255 g/mol. The van der Waals surface area contributed by atoms with E-state index >= 15 is 0 Å². The third-order valence-electron chi connectivity index (χ3n) is 2.63. The first kappa shape index (κ1) is 11.9. The Kier molecular flexibility index (Phi) is 3.63. The first-order valence-corrected chi connectivity index (χ1v) is 6.63. The van der Waals surface area contributed by atoms with Crippen molar-refractivity contribution in [1.29, 1.82) is 0 Å². The molecule has 92 valence electrons. The molecule has 1 aliphatic heterocycles. The Hall–Kier alpha value is -1.56. The van der Waals surface area contributed by atoms with Crippen LogP contribution in [0, 0.1) is 5.92 Å². The summed E-state index contributed by atoms with van der Waals surface area (Å²) in [5.74, 6) is -0.114. The molecule has 0 aliphatic carbocycles. The third kappa shape index (κ3) is 2.97. The van der Waals surface area contributed by atoms with E-state index in [0.29, 0.717) is 13.0 Å². The second-order valence-electron chi connectivity index (χ2n) is 3.85. The molecule has 0 bridgehead atoms. The lowest BCUT2D eigenvalue weighted by Gasteiger charge is -2.24. The molecular formula is C11H13NO4S. The van der Waals surface area contributed by atoms with Gasteiger partial charge >= 0.3 is 0 Å². The topological polar surface area (TPSA) is 72.5 Å². The molecule has 2 rings (SSSR count). The second-order valence-corrected chi connectivity index (χ2v) is 4.83. The molecule has 1 amide bonds. The standard InChI is InChI=1S/C11H13NO4S/c13-11(12-7-17(14)15)9-5-8-3-1-2-4-10(8)16-6-9/h1-4,9,17H,5-7H2,(H,12,13). The molecule has 1 aliphatic rings. The second kappa shape index (κ2) is 5.18. The number of carbonyl (C=O) groups is 1. The maximum absolute atomic E-state index is 11.7. The maximum Gasteiger partial charge on any atom is 0.227 e. The van der Waals surface area contributed by atoms with E-state index in [9.17, 15) is 13.2 Å². The number of fused-ring (bicyclic) bond motifs is 1. The van der Waals surface area contributed by atoms with Crippen LogP contribution in [0.25, 0.3) is 0 Å². The lowest BCUT2D eigenvalue weighted by atomic mass is 9.96. The lowest BCUT2D eigenvalue weighted by molar-refractivity contribution is -0.125. The highest BCUT2D eigenvalue weighted by atomic mass is 32.2. The molecule has 0 fully saturated rings. The first-order chi connectivity index (χ1) is 8.16. The number of amides is 1. The lowest BCUT2D eigenvalue weighted by Crippen LogP contribution is -2.38. The summed E-state index contributed by atoms with van der Waals surface area (Å²) in [6, 6.07) is 7.53. The number of hydrogen-bond donors (Lipinski definition) is 2. The van der Waals surface area contributed by atoms with Gasteiger partial charge in [-0.05, 0) is 18.1 Å². The van der Waals surface area contributed by atoms with Gasteiger partial charge in [0.05, 0.1) is 5.92 Å². The van der Waals surface area contributed by atoms with Crippen LogP contribution in [0.2, 0.25) is 0 Å². The van der Waals surface area contributed by atoms with Crippen LogP contribution in [0.4, 0.5) is 0 Å². The van der Waals surface area contributed by atoms with Crippen LogP contribution in [0.3, 0.4) is 0 Å². The highest BCUT2D eigenvalue weighted by molar-refractivity contribution is 7.72. The summed E-state index contributed by atoms with van der Waals surface area (Å²) in [6.07, 6.45) is 0.581. The molecule has 1 aromatic rings. The van der Waals surface area contributed by atoms with Crippen LogP contribution in [-0.2, 0) is 21.9 Å². The molecule has 1 unspecified atom stereocenters. The van der Waals surface area contributed by atoms with E-state index in [1.165, 1.54) is 0 Å². The van der Waals surface area contributed by atoms with Gasteiger partial charge in [0, 0.05) is 0 Å². The minimum absolute atomic E-state index is 0.279. The van der Waals surface area contributed by atoms with Crippen molar-refractivity contribution in [2.24, 2.45) is 5.92 Å². The summed E-state index contributed by atoms with van der Waals surface area (Å²) in [6.45, 7) is 0.290. The van der Waals surface area contributed by atoms with E-state index < -0.39 is 10.7 Å². The van der Waals surface area contributed by atoms with Crippen LogP contribution in [0.15, 0.2) is 24.3 Å². The quantitative estimate of drug-likeness (QED) is 0.741. The number of ether oxygens (including phenoxy) is 1. The van der Waals surface area contributed by atoms with Gasteiger partial charge in [0.15, 0.2) is 10.7 Å². The summed E-state index contributed by atoms with van der Waals surface area (Å²) in [7, 11) is -2.58. The molecule has 0 spiro atoms. The molecule has 1 atom stereocenters. The van der Waals surface area contributed by atoms with Crippen molar-refractivity contribution in [3.05, 3.63) is 29.8 Å². The Labute approximate surface area is 101 Å². The predicted molar refractivity (Wildman–Crippen MR) is 62.5 cm³/mol. The maximum atomic E-state index is 11.7. The van der Waals surface area contributed by atoms with Gasteiger partial charge in [0.1, 0.15) is 18.2 Å². The number of thiol groups is 1. The summed E-state index contributed by atoms with van der Waals surface area (Å²) in [5.41, 5.74) is 0.977. The normalized spacial score (nSPS) is 18.3. The Morgan fingerprint density at radius 2 is 2.18 bits per heavy atom. The minimum Gasteiger partial charge on any atom is -0.492 e. The SMILES string of the molecule is O=C(NC[SH](=O)=O)C1COc2ccccc2C1. The zero-order valence-electron chi connectivity index (χ0n) is 9.09. The van der Waals surface area contributed by atoms with Crippen LogP contribution < -0.4 is 10.1 Å². The minimum atomic E-state index is -2.58. The van der Waals surface area contributed by atoms with Gasteiger partial charge in [0.25, 0.3) is 0 Å². The monoisotopic (exact) mass is 255 g/mol. The summed E-state index contributed by atoms with van der Waals surface area (Å²) >= 11 is 0. The fourth-order valence-electron chi connectivity index (χ4n) is 1.78. The van der Waals surface area contributed by atoms with Crippen LogP contribution in [0.1, 0.15) is 5.56 Å². The Morgan fingerprint density at radius 3 is 2.94 bits per heavy atom. The van der Waals surface area contributed by atoms with E-state index in [1.807, 2.05) is 24.3 Å². The van der Waals surface area contributed by atoms with Gasteiger partial charge in [0.2, 0.25) is 5.91 Å². The fraction of sp³-hybridized carbons (Fsp3) is 0.364. The fourth-order valence-corrected chi connectivity index (χ4v) is 2.07. The molecule has 0 radical (unpaired) electrons. The molecule has 6 heteroatoms. The number of benzene rings is 1. The number of carbonyl (C=O) groups excluding carboxylic acids is 1. The molecule has 5 nitrogen and oxygen atoms in total. The largest absolute Gasteiger partial charge is 0.492 e. The van der Waals surface area contributed by atoms with E-state index in [-0.39, 0.29) is 17.7 Å². The molecule has 1 N–H and O–H groups in total. The van der Waals surface area contributed by atoms with Gasteiger partial charge in [-0.25, -0.2) is 8.42 Å². The van der Waals surface area contributed by atoms with Gasteiger partial charge in [-0.1, -0.05) is 18.2 Å².